The minimum Gasteiger partial charge on any atom is -0.207 e. The molecule has 0 atom stereocenters. The van der Waals surface area contributed by atoms with Crippen LogP contribution in [0.4, 0.5) is 17.6 Å². The summed E-state index contributed by atoms with van der Waals surface area (Å²) in [6, 6.07) is 21.9. The van der Waals surface area contributed by atoms with Crippen molar-refractivity contribution in [3.05, 3.63) is 140 Å². The van der Waals surface area contributed by atoms with Gasteiger partial charge in [-0.1, -0.05) is 98.9 Å². The van der Waals surface area contributed by atoms with Gasteiger partial charge in [0, 0.05) is 6.07 Å². The normalized spacial score (nSPS) is 9.82. The summed E-state index contributed by atoms with van der Waals surface area (Å²) in [6.07, 6.45) is 3.47. The fraction of sp³-hybridized carbons (Fsp3) is 0.273. The Morgan fingerprint density at radius 2 is 1.03 bits per heavy atom. The van der Waals surface area contributed by atoms with Crippen LogP contribution < -0.4 is 0 Å². The van der Waals surface area contributed by atoms with Crippen LogP contribution in [-0.4, -0.2) is 0 Å². The molecule has 39 heavy (non-hydrogen) atoms. The molecule has 0 aromatic heterocycles. The molecule has 0 radical (unpaired) electrons. The van der Waals surface area contributed by atoms with Crippen LogP contribution in [0.25, 0.3) is 0 Å². The average Bonchev–Trinajstić information content (AvgIpc) is 2.93. The van der Waals surface area contributed by atoms with Crippen molar-refractivity contribution in [2.45, 2.75) is 60.3 Å². The molecule has 0 heterocycles. The summed E-state index contributed by atoms with van der Waals surface area (Å²) in [5.41, 5.74) is 5.35. The van der Waals surface area contributed by atoms with Gasteiger partial charge in [0.15, 0.2) is 11.6 Å². The third-order valence-corrected chi connectivity index (χ3v) is 6.45. The van der Waals surface area contributed by atoms with Crippen molar-refractivity contribution < 1.29 is 17.6 Å². The first-order chi connectivity index (χ1) is 18.5. The highest BCUT2D eigenvalue weighted by Crippen LogP contribution is 2.22. The second-order valence-corrected chi connectivity index (χ2v) is 9.45. The molecule has 0 spiro atoms. The third-order valence-electron chi connectivity index (χ3n) is 5.71. The van der Waals surface area contributed by atoms with E-state index in [1.54, 1.807) is 6.07 Å². The van der Waals surface area contributed by atoms with Gasteiger partial charge in [-0.25, -0.2) is 17.6 Å². The number of halogens is 6. The lowest BCUT2D eigenvalue weighted by atomic mass is 10.1. The predicted octanol–water partition coefficient (Wildman–Crippen LogP) is 11.2. The number of benzene rings is 4. The molecular weight excluding hydrogens is 543 g/mol. The smallest absolute Gasteiger partial charge is 0.159 e. The van der Waals surface area contributed by atoms with E-state index in [9.17, 15) is 17.6 Å². The molecule has 0 aliphatic rings. The van der Waals surface area contributed by atoms with Gasteiger partial charge in [0.2, 0.25) is 0 Å². The van der Waals surface area contributed by atoms with Gasteiger partial charge in [0.05, 0.1) is 10.0 Å². The summed E-state index contributed by atoms with van der Waals surface area (Å²) in [6.45, 7) is 10.1. The Kier molecular flexibility index (Phi) is 16.2. The topological polar surface area (TPSA) is 0 Å². The third kappa shape index (κ3) is 13.2. The average molecular weight is 580 g/mol. The summed E-state index contributed by atoms with van der Waals surface area (Å²) in [5.74, 6) is -2.52. The van der Waals surface area contributed by atoms with E-state index in [1.807, 2.05) is 32.0 Å². The molecule has 0 N–H and O–H groups in total. The molecular formula is C33H36Cl2F4. The quantitative estimate of drug-likeness (QED) is 0.211. The fourth-order valence-electron chi connectivity index (χ4n) is 3.15. The van der Waals surface area contributed by atoms with E-state index in [0.717, 1.165) is 37.0 Å². The molecule has 0 bridgehead atoms. The van der Waals surface area contributed by atoms with Gasteiger partial charge in [0.1, 0.15) is 11.6 Å². The fourth-order valence-corrected chi connectivity index (χ4v) is 3.47. The van der Waals surface area contributed by atoms with E-state index < -0.39 is 23.3 Å². The maximum absolute atomic E-state index is 12.6. The van der Waals surface area contributed by atoms with Gasteiger partial charge in [0.25, 0.3) is 0 Å². The van der Waals surface area contributed by atoms with Crippen LogP contribution in [0, 0.1) is 30.2 Å². The highest BCUT2D eigenvalue weighted by atomic mass is 35.5. The van der Waals surface area contributed by atoms with Gasteiger partial charge in [-0.05, 0) is 85.2 Å². The first-order valence-corrected chi connectivity index (χ1v) is 13.7. The molecule has 4 aromatic rings. The van der Waals surface area contributed by atoms with Crippen molar-refractivity contribution in [1.82, 2.24) is 0 Å². The highest BCUT2D eigenvalue weighted by molar-refractivity contribution is 6.42. The highest BCUT2D eigenvalue weighted by Gasteiger charge is 2.00. The second kappa shape index (κ2) is 18.5. The molecule has 0 aliphatic carbocycles. The standard InChI is InChI=1S/C9H12.C8H8Cl2.2C8H8F2/c1-3-9-6-4-8(2)5-7-9;1-2-6-3-4-7(9)8(10)5-6;1-2-6-3-4-7(9)5-8(6)10;1-2-6-3-4-7(9)8(10)5-6/h4-7H,3H2,1-2H3;3*3-5H,2H2,1H3. The molecule has 0 saturated carbocycles. The van der Waals surface area contributed by atoms with Gasteiger partial charge >= 0.3 is 0 Å². The molecule has 0 nitrogen and oxygen atoms in total. The minimum atomic E-state index is -0.780. The second-order valence-electron chi connectivity index (χ2n) is 8.63. The number of rotatable bonds is 4. The minimum absolute atomic E-state index is 0.456. The van der Waals surface area contributed by atoms with Crippen LogP contribution in [0.3, 0.4) is 0 Å². The molecule has 0 unspecified atom stereocenters. The zero-order valence-corrected chi connectivity index (χ0v) is 24.6. The lowest BCUT2D eigenvalue weighted by molar-refractivity contribution is 0.507. The lowest BCUT2D eigenvalue weighted by Crippen LogP contribution is -1.87. The summed E-state index contributed by atoms with van der Waals surface area (Å²) in [4.78, 5) is 0. The van der Waals surface area contributed by atoms with Gasteiger partial charge in [-0.15, -0.1) is 0 Å². The van der Waals surface area contributed by atoms with Crippen molar-refractivity contribution >= 4 is 23.2 Å². The van der Waals surface area contributed by atoms with Crippen molar-refractivity contribution in [3.63, 3.8) is 0 Å². The molecule has 0 amide bonds. The van der Waals surface area contributed by atoms with Gasteiger partial charge in [-0.2, -0.15) is 0 Å². The van der Waals surface area contributed by atoms with Crippen molar-refractivity contribution in [2.75, 3.05) is 0 Å². The maximum Gasteiger partial charge on any atom is 0.159 e. The van der Waals surface area contributed by atoms with E-state index in [2.05, 4.69) is 45.0 Å². The Morgan fingerprint density at radius 1 is 0.487 bits per heavy atom. The van der Waals surface area contributed by atoms with Crippen LogP contribution >= 0.6 is 23.2 Å². The van der Waals surface area contributed by atoms with E-state index in [1.165, 1.54) is 34.9 Å². The van der Waals surface area contributed by atoms with Crippen molar-refractivity contribution in [2.24, 2.45) is 0 Å². The predicted molar refractivity (Wildman–Crippen MR) is 158 cm³/mol. The number of aryl methyl sites for hydroxylation is 5. The first kappa shape index (κ1) is 34.2. The monoisotopic (exact) mass is 578 g/mol. The van der Waals surface area contributed by atoms with Crippen LogP contribution in [0.5, 0.6) is 0 Å². The molecule has 4 aromatic carbocycles. The molecule has 0 aliphatic heterocycles. The summed E-state index contributed by atoms with van der Waals surface area (Å²) < 4.78 is 49.5. The van der Waals surface area contributed by atoms with Crippen molar-refractivity contribution in [3.8, 4) is 0 Å². The first-order valence-electron chi connectivity index (χ1n) is 12.9. The molecule has 4 rings (SSSR count). The number of hydrogen-bond acceptors (Lipinski definition) is 0. The van der Waals surface area contributed by atoms with Crippen LogP contribution in [0.1, 0.15) is 55.5 Å². The van der Waals surface area contributed by atoms with Gasteiger partial charge in [-0.3, -0.25) is 0 Å². The summed E-state index contributed by atoms with van der Waals surface area (Å²) >= 11 is 11.5. The van der Waals surface area contributed by atoms with E-state index in [0.29, 0.717) is 22.0 Å². The van der Waals surface area contributed by atoms with E-state index in [4.69, 9.17) is 23.2 Å². The van der Waals surface area contributed by atoms with Crippen LogP contribution in [0.15, 0.2) is 78.9 Å². The Hall–Kier alpha value is -2.82. The van der Waals surface area contributed by atoms with Gasteiger partial charge < -0.3 is 0 Å². The maximum atomic E-state index is 12.6. The molecule has 210 valence electrons. The molecule has 0 fully saturated rings. The SMILES string of the molecule is CCc1ccc(C)cc1.CCc1ccc(Cl)c(Cl)c1.CCc1ccc(F)c(F)c1.CCc1ccc(F)cc1F. The summed E-state index contributed by atoms with van der Waals surface area (Å²) in [7, 11) is 0. The summed E-state index contributed by atoms with van der Waals surface area (Å²) in [5, 5.41) is 1.26. The Balaban J connectivity index is 0.000000260. The lowest BCUT2D eigenvalue weighted by Gasteiger charge is -1.97. The van der Waals surface area contributed by atoms with Crippen LogP contribution in [0.2, 0.25) is 10.0 Å². The van der Waals surface area contributed by atoms with E-state index in [-0.39, 0.29) is 0 Å². The number of hydrogen-bond donors (Lipinski definition) is 0. The largest absolute Gasteiger partial charge is 0.207 e. The molecule has 6 heteroatoms. The van der Waals surface area contributed by atoms with E-state index >= 15 is 0 Å². The Labute approximate surface area is 240 Å². The molecule has 0 saturated heterocycles. The van der Waals surface area contributed by atoms with Crippen molar-refractivity contribution in [1.29, 1.82) is 0 Å². The van der Waals surface area contributed by atoms with Crippen LogP contribution in [-0.2, 0) is 25.7 Å². The Morgan fingerprint density at radius 3 is 1.51 bits per heavy atom. The Bertz CT molecular complexity index is 1220. The zero-order chi connectivity index (χ0) is 29.4. The zero-order valence-electron chi connectivity index (χ0n) is 23.1.